The summed E-state index contributed by atoms with van der Waals surface area (Å²) in [6.07, 6.45) is 0.661. The lowest BCUT2D eigenvalue weighted by molar-refractivity contribution is 0.102. The number of carbonyl (C=O) groups is 1. The van der Waals surface area contributed by atoms with Gasteiger partial charge in [0.05, 0.1) is 7.11 Å². The molecule has 0 atom stereocenters. The molecule has 134 valence electrons. The zero-order valence-corrected chi connectivity index (χ0v) is 16.8. The predicted molar refractivity (Wildman–Crippen MR) is 106 cm³/mol. The summed E-state index contributed by atoms with van der Waals surface area (Å²) in [5.74, 6) is -0.203. The van der Waals surface area contributed by atoms with Gasteiger partial charge in [0.25, 0.3) is 5.91 Å². The van der Waals surface area contributed by atoms with E-state index < -0.39 is 15.9 Å². The van der Waals surface area contributed by atoms with Gasteiger partial charge < -0.3 is 10.1 Å². The summed E-state index contributed by atoms with van der Waals surface area (Å²) in [6.45, 7) is 2.18. The minimum absolute atomic E-state index is 0.0567. The topological polar surface area (TPSA) is 84.5 Å². The maximum atomic E-state index is 12.4. The predicted octanol–water partition coefficient (Wildman–Crippen LogP) is 3.24. The van der Waals surface area contributed by atoms with E-state index in [1.807, 2.05) is 19.1 Å². The molecule has 0 aliphatic rings. The molecular formula is C17H19IN2O4S. The summed E-state index contributed by atoms with van der Waals surface area (Å²) in [5, 5.41) is 2.75. The van der Waals surface area contributed by atoms with Gasteiger partial charge in [0.15, 0.2) is 0 Å². The van der Waals surface area contributed by atoms with Crippen LogP contribution >= 0.6 is 22.6 Å². The fourth-order valence-electron chi connectivity index (χ4n) is 2.08. The first-order valence-electron chi connectivity index (χ1n) is 7.62. The van der Waals surface area contributed by atoms with Crippen molar-refractivity contribution in [2.75, 3.05) is 19.0 Å². The fraction of sp³-hybridized carbons (Fsp3) is 0.235. The van der Waals surface area contributed by atoms with E-state index in [1.165, 1.54) is 25.3 Å². The number of methoxy groups -OCH3 is 1. The van der Waals surface area contributed by atoms with Gasteiger partial charge >= 0.3 is 0 Å². The van der Waals surface area contributed by atoms with E-state index in [0.29, 0.717) is 18.7 Å². The minimum Gasteiger partial charge on any atom is -0.495 e. The summed E-state index contributed by atoms with van der Waals surface area (Å²) in [4.78, 5) is 12.4. The molecule has 0 radical (unpaired) electrons. The number of nitrogens with one attached hydrogen (secondary N) is 2. The lowest BCUT2D eigenvalue weighted by Crippen LogP contribution is -2.25. The SMILES string of the molecule is CCCNS(=O)(=O)c1cc(C(=O)Nc2ccc(I)cc2)ccc1OC. The molecule has 2 N–H and O–H groups in total. The zero-order chi connectivity index (χ0) is 18.4. The maximum Gasteiger partial charge on any atom is 0.255 e. The molecule has 1 amide bonds. The first-order chi connectivity index (χ1) is 11.9. The van der Waals surface area contributed by atoms with Gasteiger partial charge in [0.1, 0.15) is 10.6 Å². The van der Waals surface area contributed by atoms with Crippen LogP contribution in [0.3, 0.4) is 0 Å². The third-order valence-corrected chi connectivity index (χ3v) is 5.56. The Hall–Kier alpha value is -1.65. The monoisotopic (exact) mass is 474 g/mol. The van der Waals surface area contributed by atoms with Crippen molar-refractivity contribution in [3.8, 4) is 5.75 Å². The fourth-order valence-corrected chi connectivity index (χ4v) is 3.76. The van der Waals surface area contributed by atoms with Crippen molar-refractivity contribution in [2.45, 2.75) is 18.2 Å². The van der Waals surface area contributed by atoms with Gasteiger partial charge in [0, 0.05) is 21.4 Å². The molecular weight excluding hydrogens is 455 g/mol. The summed E-state index contributed by atoms with van der Waals surface area (Å²) in [5.41, 5.74) is 0.867. The third-order valence-electron chi connectivity index (χ3n) is 3.36. The van der Waals surface area contributed by atoms with Crippen LogP contribution < -0.4 is 14.8 Å². The molecule has 0 fully saturated rings. The second-order valence-corrected chi connectivity index (χ2v) is 8.21. The molecule has 2 aromatic carbocycles. The number of halogens is 1. The van der Waals surface area contributed by atoms with Gasteiger partial charge in [0.2, 0.25) is 10.0 Å². The molecule has 0 bridgehead atoms. The highest BCUT2D eigenvalue weighted by atomic mass is 127. The maximum absolute atomic E-state index is 12.4. The van der Waals surface area contributed by atoms with Gasteiger partial charge in [-0.05, 0) is 71.5 Å². The highest BCUT2D eigenvalue weighted by Gasteiger charge is 2.21. The van der Waals surface area contributed by atoms with Gasteiger partial charge in [-0.15, -0.1) is 0 Å². The number of sulfonamides is 1. The highest BCUT2D eigenvalue weighted by molar-refractivity contribution is 14.1. The number of rotatable bonds is 7. The van der Waals surface area contributed by atoms with Gasteiger partial charge in [-0.2, -0.15) is 0 Å². The van der Waals surface area contributed by atoms with E-state index in [1.54, 1.807) is 12.1 Å². The van der Waals surface area contributed by atoms with Crippen LogP contribution in [-0.2, 0) is 10.0 Å². The van der Waals surface area contributed by atoms with Gasteiger partial charge in [-0.1, -0.05) is 6.92 Å². The smallest absolute Gasteiger partial charge is 0.255 e. The molecule has 0 aliphatic heterocycles. The highest BCUT2D eigenvalue weighted by Crippen LogP contribution is 2.25. The summed E-state index contributed by atoms with van der Waals surface area (Å²) >= 11 is 2.17. The van der Waals surface area contributed by atoms with E-state index >= 15 is 0 Å². The third kappa shape index (κ3) is 5.16. The number of ether oxygens (including phenoxy) is 1. The van der Waals surface area contributed by atoms with E-state index in [2.05, 4.69) is 32.6 Å². The molecule has 0 unspecified atom stereocenters. The van der Waals surface area contributed by atoms with Crippen molar-refractivity contribution in [1.29, 1.82) is 0 Å². The molecule has 2 aromatic rings. The van der Waals surface area contributed by atoms with Crippen LogP contribution in [0.5, 0.6) is 5.75 Å². The molecule has 0 saturated carbocycles. The van der Waals surface area contributed by atoms with Crippen LogP contribution in [0, 0.1) is 3.57 Å². The van der Waals surface area contributed by atoms with Crippen LogP contribution in [-0.4, -0.2) is 28.0 Å². The first kappa shape index (κ1) is 19.7. The van der Waals surface area contributed by atoms with Crippen molar-refractivity contribution >= 4 is 44.2 Å². The Morgan fingerprint density at radius 1 is 1.16 bits per heavy atom. The molecule has 0 saturated heterocycles. The molecule has 0 heterocycles. The van der Waals surface area contributed by atoms with E-state index in [0.717, 1.165) is 3.57 Å². The average molecular weight is 474 g/mol. The van der Waals surface area contributed by atoms with Crippen LogP contribution in [0.4, 0.5) is 5.69 Å². The second-order valence-electron chi connectivity index (χ2n) is 5.22. The Morgan fingerprint density at radius 2 is 1.84 bits per heavy atom. The number of anilines is 1. The molecule has 0 spiro atoms. The molecule has 8 heteroatoms. The molecule has 0 aliphatic carbocycles. The summed E-state index contributed by atoms with van der Waals surface area (Å²) in [6, 6.07) is 11.6. The molecule has 25 heavy (non-hydrogen) atoms. The minimum atomic E-state index is -3.76. The van der Waals surface area contributed by atoms with Crippen LogP contribution in [0.1, 0.15) is 23.7 Å². The second kappa shape index (κ2) is 8.63. The van der Waals surface area contributed by atoms with E-state index in [9.17, 15) is 13.2 Å². The number of benzene rings is 2. The average Bonchev–Trinajstić information content (AvgIpc) is 2.61. The quantitative estimate of drug-likeness (QED) is 0.604. The Bertz CT molecular complexity index is 851. The van der Waals surface area contributed by atoms with Gasteiger partial charge in [-0.3, -0.25) is 4.79 Å². The van der Waals surface area contributed by atoms with Crippen LogP contribution in [0.15, 0.2) is 47.4 Å². The van der Waals surface area contributed by atoms with Crippen molar-refractivity contribution in [2.24, 2.45) is 0 Å². The van der Waals surface area contributed by atoms with Crippen molar-refractivity contribution in [3.05, 3.63) is 51.6 Å². The zero-order valence-electron chi connectivity index (χ0n) is 13.9. The van der Waals surface area contributed by atoms with Crippen molar-refractivity contribution in [3.63, 3.8) is 0 Å². The molecule has 6 nitrogen and oxygen atoms in total. The van der Waals surface area contributed by atoms with E-state index in [4.69, 9.17) is 4.74 Å². The lowest BCUT2D eigenvalue weighted by atomic mass is 10.2. The first-order valence-corrected chi connectivity index (χ1v) is 10.2. The van der Waals surface area contributed by atoms with Gasteiger partial charge in [-0.25, -0.2) is 13.1 Å². The van der Waals surface area contributed by atoms with Crippen LogP contribution in [0.25, 0.3) is 0 Å². The number of hydrogen-bond acceptors (Lipinski definition) is 4. The van der Waals surface area contributed by atoms with Crippen LogP contribution in [0.2, 0.25) is 0 Å². The van der Waals surface area contributed by atoms with E-state index in [-0.39, 0.29) is 16.2 Å². The Kier molecular flexibility index (Phi) is 6.79. The normalized spacial score (nSPS) is 11.2. The number of amides is 1. The molecule has 0 aromatic heterocycles. The summed E-state index contributed by atoms with van der Waals surface area (Å²) < 4.78 is 33.5. The Labute approximate surface area is 161 Å². The van der Waals surface area contributed by atoms with Crippen molar-refractivity contribution < 1.29 is 17.9 Å². The lowest BCUT2D eigenvalue weighted by Gasteiger charge is -2.12. The number of carbonyl (C=O) groups excluding carboxylic acids is 1. The number of hydrogen-bond donors (Lipinski definition) is 2. The molecule has 2 rings (SSSR count). The Balaban J connectivity index is 2.31. The van der Waals surface area contributed by atoms with Crippen molar-refractivity contribution in [1.82, 2.24) is 4.72 Å². The standard InChI is InChI=1S/C17H19IN2O4S/c1-3-10-19-25(22,23)16-11-12(4-9-15(16)24-2)17(21)20-14-7-5-13(18)6-8-14/h4-9,11,19H,3,10H2,1-2H3,(H,20,21). The largest absolute Gasteiger partial charge is 0.495 e. The Morgan fingerprint density at radius 3 is 2.44 bits per heavy atom. The summed E-state index contributed by atoms with van der Waals surface area (Å²) in [7, 11) is -2.37.